The molecule has 84 valence electrons. The molecule has 1 atom stereocenters. The van der Waals surface area contributed by atoms with Gasteiger partial charge in [0.1, 0.15) is 0 Å². The summed E-state index contributed by atoms with van der Waals surface area (Å²) in [6.45, 7) is 1.71. The molecule has 14 heavy (non-hydrogen) atoms. The highest BCUT2D eigenvalue weighted by Gasteiger charge is 2.46. The molecule has 0 radical (unpaired) electrons. The molecule has 0 aliphatic rings. The van der Waals surface area contributed by atoms with Crippen molar-refractivity contribution in [2.75, 3.05) is 6.61 Å². The van der Waals surface area contributed by atoms with E-state index in [1.165, 1.54) is 0 Å². The smallest absolute Gasteiger partial charge is 0.425 e. The molecule has 0 rings (SSSR count). The summed E-state index contributed by atoms with van der Waals surface area (Å²) in [6.07, 6.45) is -5.52. The summed E-state index contributed by atoms with van der Waals surface area (Å²) in [5.74, 6) is -1.99. The Balaban J connectivity index is 3.94. The molecule has 0 aromatic carbocycles. The average molecular weight is 214 g/mol. The van der Waals surface area contributed by atoms with Gasteiger partial charge in [0.05, 0.1) is 0 Å². The Morgan fingerprint density at radius 1 is 1.43 bits per heavy atom. The predicted molar refractivity (Wildman–Crippen MR) is 43.0 cm³/mol. The van der Waals surface area contributed by atoms with E-state index < -0.39 is 18.2 Å². The van der Waals surface area contributed by atoms with E-state index in [0.29, 0.717) is 6.42 Å². The zero-order chi connectivity index (χ0) is 11.2. The maximum absolute atomic E-state index is 12.0. The minimum atomic E-state index is -4.84. The highest BCUT2D eigenvalue weighted by molar-refractivity contribution is 5.73. The molecule has 0 aliphatic heterocycles. The van der Waals surface area contributed by atoms with Gasteiger partial charge in [0, 0.05) is 6.61 Å². The summed E-state index contributed by atoms with van der Waals surface area (Å²) in [6, 6.07) is 0. The van der Waals surface area contributed by atoms with Crippen LogP contribution in [0.2, 0.25) is 0 Å². The number of carbonyl (C=O) groups is 1. The first-order valence-electron chi connectivity index (χ1n) is 4.30. The maximum atomic E-state index is 12.0. The van der Waals surface area contributed by atoms with E-state index in [9.17, 15) is 18.0 Å². The van der Waals surface area contributed by atoms with Crippen LogP contribution in [0.1, 0.15) is 26.2 Å². The molecule has 1 N–H and O–H groups in total. The molecule has 0 unspecified atom stereocenters. The number of hydrogen-bond acceptors (Lipinski definition) is 2. The first kappa shape index (κ1) is 13.2. The average Bonchev–Trinajstić information content (AvgIpc) is 2.01. The van der Waals surface area contributed by atoms with Crippen molar-refractivity contribution in [2.24, 2.45) is 0 Å². The number of rotatable bonds is 6. The lowest BCUT2D eigenvalue weighted by Crippen LogP contribution is -2.39. The van der Waals surface area contributed by atoms with Crippen LogP contribution in [-0.4, -0.2) is 30.0 Å². The van der Waals surface area contributed by atoms with Crippen LogP contribution >= 0.6 is 0 Å². The normalized spacial score (nSPS) is 14.0. The van der Waals surface area contributed by atoms with Crippen molar-refractivity contribution >= 4 is 5.97 Å². The van der Waals surface area contributed by atoms with Crippen molar-refractivity contribution in [1.29, 1.82) is 0 Å². The number of aliphatic carboxylic acids is 1. The van der Waals surface area contributed by atoms with Gasteiger partial charge in [-0.15, -0.1) is 0 Å². The lowest BCUT2D eigenvalue weighted by Gasteiger charge is -2.16. The number of carboxylic acids is 1. The molecular weight excluding hydrogens is 201 g/mol. The molecular formula is C8H13F3O3. The van der Waals surface area contributed by atoms with Crippen LogP contribution in [0.15, 0.2) is 0 Å². The molecule has 0 fully saturated rings. The fraction of sp³-hybridized carbons (Fsp3) is 0.875. The Morgan fingerprint density at radius 3 is 2.36 bits per heavy atom. The molecule has 3 nitrogen and oxygen atoms in total. The molecule has 0 aromatic heterocycles. The second-order valence-corrected chi connectivity index (χ2v) is 2.84. The molecule has 0 aromatic rings. The fourth-order valence-corrected chi connectivity index (χ4v) is 0.859. The largest absolute Gasteiger partial charge is 0.479 e. The van der Waals surface area contributed by atoms with Crippen LogP contribution in [0.5, 0.6) is 0 Å². The second-order valence-electron chi connectivity index (χ2n) is 2.84. The summed E-state index contributed by atoms with van der Waals surface area (Å²) in [5.41, 5.74) is 0. The highest BCUT2D eigenvalue weighted by atomic mass is 19.4. The number of carboxylic acid groups (broad SMARTS) is 1. The van der Waals surface area contributed by atoms with E-state index in [-0.39, 0.29) is 6.61 Å². The van der Waals surface area contributed by atoms with E-state index in [1.807, 2.05) is 6.92 Å². The monoisotopic (exact) mass is 214 g/mol. The second kappa shape index (κ2) is 5.85. The number of unbranched alkanes of at least 4 members (excludes halogenated alkanes) is 2. The first-order chi connectivity index (χ1) is 6.39. The Kier molecular flexibility index (Phi) is 5.52. The Morgan fingerprint density at radius 2 is 2.00 bits per heavy atom. The molecule has 6 heteroatoms. The highest BCUT2D eigenvalue weighted by Crippen LogP contribution is 2.23. The number of halogens is 3. The van der Waals surface area contributed by atoms with E-state index in [0.717, 1.165) is 12.8 Å². The fourth-order valence-electron chi connectivity index (χ4n) is 0.859. The number of ether oxygens (including phenoxy) is 1. The van der Waals surface area contributed by atoms with Crippen LogP contribution in [0.25, 0.3) is 0 Å². The van der Waals surface area contributed by atoms with Gasteiger partial charge in [0.2, 0.25) is 0 Å². The predicted octanol–water partition coefficient (Wildman–Crippen LogP) is 2.21. The summed E-state index contributed by atoms with van der Waals surface area (Å²) in [7, 11) is 0. The van der Waals surface area contributed by atoms with Crippen LogP contribution in [0, 0.1) is 0 Å². The third kappa shape index (κ3) is 5.06. The van der Waals surface area contributed by atoms with Crippen molar-refractivity contribution in [1.82, 2.24) is 0 Å². The van der Waals surface area contributed by atoms with Crippen LogP contribution < -0.4 is 0 Å². The third-order valence-corrected chi connectivity index (χ3v) is 1.55. The van der Waals surface area contributed by atoms with Crippen molar-refractivity contribution in [3.05, 3.63) is 0 Å². The van der Waals surface area contributed by atoms with E-state index in [1.54, 1.807) is 0 Å². The Bertz CT molecular complexity index is 179. The molecule has 0 spiro atoms. The Hall–Kier alpha value is -0.780. The minimum absolute atomic E-state index is 0.176. The third-order valence-electron chi connectivity index (χ3n) is 1.55. The Labute approximate surface area is 79.9 Å². The van der Waals surface area contributed by atoms with Crippen molar-refractivity contribution < 1.29 is 27.8 Å². The molecule has 0 heterocycles. The first-order valence-corrected chi connectivity index (χ1v) is 4.30. The molecule has 0 bridgehead atoms. The minimum Gasteiger partial charge on any atom is -0.479 e. The molecule has 0 amide bonds. The van der Waals surface area contributed by atoms with E-state index >= 15 is 0 Å². The van der Waals surface area contributed by atoms with Gasteiger partial charge >= 0.3 is 12.1 Å². The van der Waals surface area contributed by atoms with Gasteiger partial charge in [-0.3, -0.25) is 0 Å². The number of alkyl halides is 3. The quantitative estimate of drug-likeness (QED) is 0.689. The van der Waals surface area contributed by atoms with Gasteiger partial charge in [-0.05, 0) is 6.42 Å². The van der Waals surface area contributed by atoms with Gasteiger partial charge in [-0.25, -0.2) is 4.79 Å². The van der Waals surface area contributed by atoms with Crippen molar-refractivity contribution in [3.8, 4) is 0 Å². The zero-order valence-electron chi connectivity index (χ0n) is 7.80. The molecule has 0 saturated carbocycles. The lowest BCUT2D eigenvalue weighted by molar-refractivity contribution is -0.227. The molecule has 0 aliphatic carbocycles. The maximum Gasteiger partial charge on any atom is 0.425 e. The van der Waals surface area contributed by atoms with Crippen LogP contribution in [-0.2, 0) is 9.53 Å². The van der Waals surface area contributed by atoms with Gasteiger partial charge in [0.15, 0.2) is 0 Å². The standard InChI is InChI=1S/C8H13F3O3/c1-2-3-4-5-14-6(7(12)13)8(9,10)11/h6H,2-5H2,1H3,(H,12,13)/t6-/m1/s1. The van der Waals surface area contributed by atoms with E-state index in [4.69, 9.17) is 5.11 Å². The van der Waals surface area contributed by atoms with Gasteiger partial charge in [-0.1, -0.05) is 19.8 Å². The number of hydrogen-bond donors (Lipinski definition) is 1. The summed E-state index contributed by atoms with van der Waals surface area (Å²) in [5, 5.41) is 8.22. The van der Waals surface area contributed by atoms with Crippen molar-refractivity contribution in [2.45, 2.75) is 38.5 Å². The van der Waals surface area contributed by atoms with Crippen LogP contribution in [0.3, 0.4) is 0 Å². The summed E-state index contributed by atoms with van der Waals surface area (Å²) < 4.78 is 40.2. The summed E-state index contributed by atoms with van der Waals surface area (Å²) >= 11 is 0. The van der Waals surface area contributed by atoms with Crippen LogP contribution in [0.4, 0.5) is 13.2 Å². The topological polar surface area (TPSA) is 46.5 Å². The SMILES string of the molecule is CCCCCO[C@H](C(=O)O)C(F)(F)F. The van der Waals surface area contributed by atoms with Gasteiger partial charge in [-0.2, -0.15) is 13.2 Å². The lowest BCUT2D eigenvalue weighted by atomic mass is 10.2. The molecule has 0 saturated heterocycles. The van der Waals surface area contributed by atoms with Crippen molar-refractivity contribution in [3.63, 3.8) is 0 Å². The van der Waals surface area contributed by atoms with Gasteiger partial charge < -0.3 is 9.84 Å². The summed E-state index contributed by atoms with van der Waals surface area (Å²) in [4.78, 5) is 10.2. The van der Waals surface area contributed by atoms with E-state index in [2.05, 4.69) is 4.74 Å². The zero-order valence-corrected chi connectivity index (χ0v) is 7.80. The van der Waals surface area contributed by atoms with Gasteiger partial charge in [0.25, 0.3) is 6.10 Å².